The highest BCUT2D eigenvalue weighted by Crippen LogP contribution is 2.46. The first-order valence-corrected chi connectivity index (χ1v) is 20.8. The van der Waals surface area contributed by atoms with E-state index in [2.05, 4.69) is 15.4 Å². The molecule has 18 heteroatoms. The van der Waals surface area contributed by atoms with E-state index in [9.17, 15) is 32.4 Å². The van der Waals surface area contributed by atoms with Crippen LogP contribution in [0.15, 0.2) is 47.4 Å². The summed E-state index contributed by atoms with van der Waals surface area (Å²) in [5, 5.41) is 5.45. The van der Waals surface area contributed by atoms with Crippen molar-refractivity contribution in [3.05, 3.63) is 62.3 Å². The predicted octanol–water partition coefficient (Wildman–Crippen LogP) is 5.27. The number of benzene rings is 1. The molecule has 3 N–H and O–H groups in total. The van der Waals surface area contributed by atoms with Gasteiger partial charge in [0.25, 0.3) is 15.9 Å². The van der Waals surface area contributed by atoms with Gasteiger partial charge in [-0.15, -0.1) is 11.3 Å². The van der Waals surface area contributed by atoms with Gasteiger partial charge in [-0.1, -0.05) is 72.5 Å². The molecule has 2 aromatic rings. The number of allylic oxidation sites excluding steroid dienone is 1. The Hall–Kier alpha value is -3.86. The van der Waals surface area contributed by atoms with Crippen LogP contribution in [0, 0.1) is 5.92 Å². The first-order chi connectivity index (χ1) is 25.5. The average Bonchev–Trinajstić information content (AvgIpc) is 3.38. The maximum atomic E-state index is 14.4. The Morgan fingerprint density at radius 3 is 2.41 bits per heavy atom. The molecule has 2 fully saturated rings. The van der Waals surface area contributed by atoms with Gasteiger partial charge < -0.3 is 25.0 Å². The summed E-state index contributed by atoms with van der Waals surface area (Å²) < 4.78 is 39.9. The minimum atomic E-state index is -4.48. The molecule has 1 aromatic carbocycles. The molecule has 54 heavy (non-hydrogen) atoms. The van der Waals surface area contributed by atoms with E-state index in [0.717, 1.165) is 35.0 Å². The van der Waals surface area contributed by atoms with Crippen molar-refractivity contribution in [2.45, 2.75) is 113 Å². The third-order valence-electron chi connectivity index (χ3n) is 9.84. The molecule has 0 radical (unpaired) electrons. The summed E-state index contributed by atoms with van der Waals surface area (Å²) in [7, 11) is -4.48. The molecule has 0 bridgehead atoms. The lowest BCUT2D eigenvalue weighted by Crippen LogP contribution is -2.58. The Balaban J connectivity index is 1.27. The number of hydrogen-bond donors (Lipinski definition) is 3. The van der Waals surface area contributed by atoms with Gasteiger partial charge in [0.05, 0.1) is 10.9 Å². The van der Waals surface area contributed by atoms with E-state index < -0.39 is 75.2 Å². The molecular formula is C36H43Cl2N5O9S2. The van der Waals surface area contributed by atoms with Crippen molar-refractivity contribution < 1.29 is 41.9 Å². The Labute approximate surface area is 327 Å². The minimum Gasteiger partial charge on any atom is -0.444 e. The largest absolute Gasteiger partial charge is 0.444 e. The van der Waals surface area contributed by atoms with Gasteiger partial charge in [-0.2, -0.15) is 0 Å². The second-order valence-corrected chi connectivity index (χ2v) is 19.0. The van der Waals surface area contributed by atoms with Crippen molar-refractivity contribution in [1.29, 1.82) is 0 Å². The summed E-state index contributed by atoms with van der Waals surface area (Å²) in [4.78, 5) is 71.3. The number of rotatable bonds is 5. The van der Waals surface area contributed by atoms with Crippen LogP contribution < -0.4 is 15.4 Å². The van der Waals surface area contributed by atoms with Gasteiger partial charge in [0.1, 0.15) is 38.6 Å². The molecule has 292 valence electrons. The van der Waals surface area contributed by atoms with Gasteiger partial charge in [0, 0.05) is 25.4 Å². The van der Waals surface area contributed by atoms with E-state index in [0.29, 0.717) is 32.4 Å². The van der Waals surface area contributed by atoms with Crippen LogP contribution in [0.5, 0.6) is 0 Å². The molecular weight excluding hydrogens is 781 g/mol. The van der Waals surface area contributed by atoms with Crippen LogP contribution in [0.1, 0.15) is 76.8 Å². The maximum Gasteiger partial charge on any atom is 0.410 e. The molecule has 5 atom stereocenters. The number of nitrogens with one attached hydrogen (secondary N) is 3. The monoisotopic (exact) mass is 823 g/mol. The summed E-state index contributed by atoms with van der Waals surface area (Å²) in [5.74, 6) is -2.87. The van der Waals surface area contributed by atoms with Gasteiger partial charge in [-0.05, 0) is 63.6 Å². The highest BCUT2D eigenvalue weighted by atomic mass is 35.5. The first-order valence-electron chi connectivity index (χ1n) is 17.8. The summed E-state index contributed by atoms with van der Waals surface area (Å²) in [6.45, 7) is 5.61. The SMILES string of the molecule is CC(C)(C)OC(=O)N[C@H]1CCCCCC=C[C@@H]2C[C@@]2(C(=O)NS(=O)(=O)c2cc(Cl)sc2Cl)NC(=O)[C@@H]2C[C@@H](OC(=O)N3Cc4ccccc4C3)CN2C1=O. The van der Waals surface area contributed by atoms with Crippen molar-refractivity contribution in [3.8, 4) is 0 Å². The lowest BCUT2D eigenvalue weighted by molar-refractivity contribution is -0.141. The van der Waals surface area contributed by atoms with E-state index >= 15 is 0 Å². The smallest absolute Gasteiger partial charge is 0.410 e. The normalized spacial score (nSPS) is 26.0. The van der Waals surface area contributed by atoms with Gasteiger partial charge in [0.15, 0.2) is 0 Å². The van der Waals surface area contributed by atoms with Crippen LogP contribution in [0.2, 0.25) is 8.67 Å². The standard InChI is InChI=1S/C36H43Cl2N5O9S2/c1-35(2,3)52-33(47)39-25-14-8-6-4-5-7-13-23-17-36(23,32(46)41-54(49,50)27-16-28(37)53-29(27)38)40-30(44)26-15-24(20-43(26)31(25)45)51-34(48)42-18-21-11-9-10-12-22(21)19-42/h7,9-13,16,23-26H,4-6,8,14-15,17-20H2,1-3H3,(H,39,47)(H,40,44)(H,41,46)/t23-,24-,25+,26+,36-/m1/s1. The molecule has 0 spiro atoms. The Bertz CT molecular complexity index is 1940. The topological polar surface area (TPSA) is 181 Å². The molecule has 5 amide bonds. The number of alkyl carbamates (subject to hydrolysis) is 1. The number of halogens is 2. The molecule has 0 unspecified atom stereocenters. The highest BCUT2D eigenvalue weighted by molar-refractivity contribution is 7.90. The summed E-state index contributed by atoms with van der Waals surface area (Å²) in [6.07, 6.45) is 4.22. The molecule has 3 aliphatic heterocycles. The number of ether oxygens (including phenoxy) is 2. The predicted molar refractivity (Wildman–Crippen MR) is 200 cm³/mol. The zero-order chi connectivity index (χ0) is 39.0. The number of carbonyl (C=O) groups excluding carboxylic acids is 5. The van der Waals surface area contributed by atoms with Crippen LogP contribution in [-0.2, 0) is 47.0 Å². The van der Waals surface area contributed by atoms with E-state index in [1.165, 1.54) is 9.80 Å². The molecule has 1 saturated carbocycles. The minimum absolute atomic E-state index is 0.0894. The van der Waals surface area contributed by atoms with Crippen molar-refractivity contribution in [1.82, 2.24) is 25.2 Å². The molecule has 1 saturated heterocycles. The van der Waals surface area contributed by atoms with Gasteiger partial charge >= 0.3 is 12.2 Å². The number of thiophene rings is 1. The van der Waals surface area contributed by atoms with Crippen molar-refractivity contribution >= 4 is 74.5 Å². The van der Waals surface area contributed by atoms with Crippen molar-refractivity contribution in [2.75, 3.05) is 6.54 Å². The quantitative estimate of drug-likeness (QED) is 0.339. The second-order valence-electron chi connectivity index (χ2n) is 15.0. The third-order valence-corrected chi connectivity index (χ3v) is 12.9. The first kappa shape index (κ1) is 39.8. The number of hydrogen-bond acceptors (Lipinski definition) is 10. The van der Waals surface area contributed by atoms with E-state index in [-0.39, 0.29) is 39.4 Å². The van der Waals surface area contributed by atoms with Crippen LogP contribution in [0.3, 0.4) is 0 Å². The van der Waals surface area contributed by atoms with E-state index in [4.69, 9.17) is 32.7 Å². The van der Waals surface area contributed by atoms with Gasteiger partial charge in [-0.3, -0.25) is 19.3 Å². The lowest BCUT2D eigenvalue weighted by Gasteiger charge is -2.30. The van der Waals surface area contributed by atoms with Crippen molar-refractivity contribution in [2.24, 2.45) is 5.92 Å². The molecule has 4 aliphatic rings. The Morgan fingerprint density at radius 1 is 1.06 bits per heavy atom. The fourth-order valence-electron chi connectivity index (χ4n) is 7.07. The Morgan fingerprint density at radius 2 is 1.76 bits per heavy atom. The molecule has 6 rings (SSSR count). The molecule has 1 aromatic heterocycles. The zero-order valence-corrected chi connectivity index (χ0v) is 33.2. The van der Waals surface area contributed by atoms with Gasteiger partial charge in [-0.25, -0.2) is 22.7 Å². The summed E-state index contributed by atoms with van der Waals surface area (Å²) in [6, 6.07) is 6.45. The van der Waals surface area contributed by atoms with Gasteiger partial charge in [0.2, 0.25) is 11.8 Å². The van der Waals surface area contributed by atoms with E-state index in [1.54, 1.807) is 26.8 Å². The molecule has 4 heterocycles. The summed E-state index contributed by atoms with van der Waals surface area (Å²) in [5.41, 5.74) is -0.538. The Kier molecular flexibility index (Phi) is 11.6. The average molecular weight is 825 g/mol. The lowest BCUT2D eigenvalue weighted by atomic mass is 10.0. The number of sulfonamides is 1. The van der Waals surface area contributed by atoms with Crippen LogP contribution >= 0.6 is 34.5 Å². The molecule has 14 nitrogen and oxygen atoms in total. The highest BCUT2D eigenvalue weighted by Gasteiger charge is 2.62. The molecule has 1 aliphatic carbocycles. The van der Waals surface area contributed by atoms with Crippen molar-refractivity contribution in [3.63, 3.8) is 0 Å². The third kappa shape index (κ3) is 8.98. The number of nitrogens with zero attached hydrogens (tertiary/aromatic N) is 2. The maximum absolute atomic E-state index is 14.4. The van der Waals surface area contributed by atoms with Crippen LogP contribution in [-0.4, -0.2) is 84.0 Å². The number of fused-ring (bicyclic) bond motifs is 3. The van der Waals surface area contributed by atoms with Crippen LogP contribution in [0.4, 0.5) is 9.59 Å². The number of amides is 5. The number of carbonyl (C=O) groups is 5. The van der Waals surface area contributed by atoms with Crippen LogP contribution in [0.25, 0.3) is 0 Å². The van der Waals surface area contributed by atoms with E-state index in [1.807, 2.05) is 30.3 Å². The second kappa shape index (κ2) is 15.7. The fraction of sp³-hybridized carbons (Fsp3) is 0.528. The summed E-state index contributed by atoms with van der Waals surface area (Å²) >= 11 is 12.9. The zero-order valence-electron chi connectivity index (χ0n) is 30.1. The fourth-order valence-corrected chi connectivity index (χ4v) is 10.3.